The number of hydrogen-bond donors (Lipinski definition) is 1. The van der Waals surface area contributed by atoms with Crippen molar-refractivity contribution in [2.75, 3.05) is 5.75 Å². The minimum absolute atomic E-state index is 0.204. The number of nitrogens with one attached hydrogen (secondary N) is 1. The van der Waals surface area contributed by atoms with Crippen LogP contribution >= 0.6 is 57.9 Å². The highest BCUT2D eigenvalue weighted by Crippen LogP contribution is 2.29. The molecule has 1 N–H and O–H groups in total. The first-order chi connectivity index (χ1) is 17.0. The van der Waals surface area contributed by atoms with Gasteiger partial charge < -0.3 is 4.74 Å². The number of rotatable bonds is 9. The number of halogens is 3. The Morgan fingerprint density at radius 2 is 1.86 bits per heavy atom. The summed E-state index contributed by atoms with van der Waals surface area (Å²) in [6, 6.07) is 20.1. The molecule has 3 aromatic carbocycles. The molecule has 178 valence electrons. The molecule has 0 saturated carbocycles. The summed E-state index contributed by atoms with van der Waals surface area (Å²) in [5, 5.41) is 7.80. The molecule has 1 heterocycles. The molecule has 4 aromatic rings. The normalized spacial score (nSPS) is 11.1. The van der Waals surface area contributed by atoms with Crippen LogP contribution in [0.5, 0.6) is 5.75 Å². The van der Waals surface area contributed by atoms with Crippen molar-refractivity contribution < 1.29 is 9.53 Å². The second-order valence-corrected chi connectivity index (χ2v) is 10.5. The highest BCUT2D eigenvalue weighted by Gasteiger charge is 2.08. The number of thiazole rings is 1. The standard InChI is InChI=1S/C25H18Cl3N3O2S2/c26-19-7-4-17(5-8-19)23-14-34-25(30-23)35-15-24(32)31-29-12-16-2-1-3-21(10-16)33-13-18-6-9-20(27)11-22(18)28/h1-12,14H,13,15H2,(H,31,32)/b29-12+. The lowest BCUT2D eigenvalue weighted by atomic mass is 10.2. The number of hydrogen-bond acceptors (Lipinski definition) is 6. The van der Waals surface area contributed by atoms with Gasteiger partial charge in [-0.1, -0.05) is 76.9 Å². The van der Waals surface area contributed by atoms with Crippen LogP contribution in [0.3, 0.4) is 0 Å². The van der Waals surface area contributed by atoms with Crippen molar-refractivity contribution in [2.24, 2.45) is 5.10 Å². The van der Waals surface area contributed by atoms with Crippen LogP contribution in [0.4, 0.5) is 0 Å². The largest absolute Gasteiger partial charge is 0.489 e. The summed E-state index contributed by atoms with van der Waals surface area (Å²) in [5.74, 6) is 0.636. The van der Waals surface area contributed by atoms with E-state index in [0.717, 1.165) is 26.7 Å². The van der Waals surface area contributed by atoms with E-state index in [0.29, 0.717) is 27.4 Å². The fourth-order valence-electron chi connectivity index (χ4n) is 2.90. The molecule has 35 heavy (non-hydrogen) atoms. The van der Waals surface area contributed by atoms with E-state index in [1.54, 1.807) is 18.3 Å². The Kier molecular flexibility index (Phi) is 9.06. The van der Waals surface area contributed by atoms with E-state index in [1.807, 2.05) is 60.0 Å². The van der Waals surface area contributed by atoms with Crippen molar-refractivity contribution in [3.05, 3.63) is 98.3 Å². The monoisotopic (exact) mass is 561 g/mol. The molecule has 0 bridgehead atoms. The molecule has 10 heteroatoms. The first-order valence-corrected chi connectivity index (χ1v) is 13.3. The highest BCUT2D eigenvalue weighted by molar-refractivity contribution is 8.01. The van der Waals surface area contributed by atoms with Gasteiger partial charge in [0, 0.05) is 31.6 Å². The van der Waals surface area contributed by atoms with Crippen molar-refractivity contribution in [2.45, 2.75) is 10.9 Å². The summed E-state index contributed by atoms with van der Waals surface area (Å²) in [5.41, 5.74) is 5.99. The molecule has 0 radical (unpaired) electrons. The molecular formula is C25H18Cl3N3O2S2. The summed E-state index contributed by atoms with van der Waals surface area (Å²) in [4.78, 5) is 16.7. The van der Waals surface area contributed by atoms with Crippen molar-refractivity contribution in [1.82, 2.24) is 10.4 Å². The number of amides is 1. The molecule has 0 aliphatic carbocycles. The van der Waals surface area contributed by atoms with Crippen LogP contribution in [0.15, 0.2) is 81.6 Å². The zero-order valence-electron chi connectivity index (χ0n) is 18.1. The van der Waals surface area contributed by atoms with E-state index < -0.39 is 0 Å². The van der Waals surface area contributed by atoms with Crippen LogP contribution in [0.2, 0.25) is 15.1 Å². The Hall–Kier alpha value is -2.55. The van der Waals surface area contributed by atoms with Gasteiger partial charge in [-0.15, -0.1) is 11.3 Å². The van der Waals surface area contributed by atoms with Crippen LogP contribution in [0.1, 0.15) is 11.1 Å². The smallest absolute Gasteiger partial charge is 0.250 e. The fourth-order valence-corrected chi connectivity index (χ4v) is 5.12. The number of carbonyl (C=O) groups excluding carboxylic acids is 1. The van der Waals surface area contributed by atoms with E-state index in [9.17, 15) is 4.79 Å². The number of carbonyl (C=O) groups is 1. The molecule has 1 amide bonds. The topological polar surface area (TPSA) is 63.6 Å². The molecular weight excluding hydrogens is 545 g/mol. The van der Waals surface area contributed by atoms with Crippen molar-refractivity contribution in [3.8, 4) is 17.0 Å². The average molecular weight is 563 g/mol. The third-order valence-corrected chi connectivity index (χ3v) is 7.48. The van der Waals surface area contributed by atoms with Gasteiger partial charge in [0.2, 0.25) is 0 Å². The van der Waals surface area contributed by atoms with Gasteiger partial charge >= 0.3 is 0 Å². The Labute approximate surface area is 226 Å². The van der Waals surface area contributed by atoms with Gasteiger partial charge in [-0.05, 0) is 42.0 Å². The summed E-state index contributed by atoms with van der Waals surface area (Å²) in [6.45, 7) is 0.307. The summed E-state index contributed by atoms with van der Waals surface area (Å²) < 4.78 is 6.62. The zero-order valence-corrected chi connectivity index (χ0v) is 22.0. The number of thioether (sulfide) groups is 1. The number of benzene rings is 3. The second-order valence-electron chi connectivity index (χ2n) is 7.18. The average Bonchev–Trinajstić information content (AvgIpc) is 3.32. The molecule has 4 rings (SSSR count). The van der Waals surface area contributed by atoms with Crippen LogP contribution in [0, 0.1) is 0 Å². The molecule has 0 unspecified atom stereocenters. The lowest BCUT2D eigenvalue weighted by Gasteiger charge is -2.08. The molecule has 0 fully saturated rings. The Morgan fingerprint density at radius 3 is 2.66 bits per heavy atom. The summed E-state index contributed by atoms with van der Waals surface area (Å²) in [6.07, 6.45) is 1.56. The molecule has 0 saturated heterocycles. The van der Waals surface area contributed by atoms with E-state index >= 15 is 0 Å². The van der Waals surface area contributed by atoms with Crippen molar-refractivity contribution in [3.63, 3.8) is 0 Å². The summed E-state index contributed by atoms with van der Waals surface area (Å²) in [7, 11) is 0. The minimum Gasteiger partial charge on any atom is -0.489 e. The second kappa shape index (κ2) is 12.4. The van der Waals surface area contributed by atoms with E-state index in [1.165, 1.54) is 23.1 Å². The molecule has 5 nitrogen and oxygen atoms in total. The highest BCUT2D eigenvalue weighted by atomic mass is 35.5. The summed E-state index contributed by atoms with van der Waals surface area (Å²) >= 11 is 20.9. The van der Waals surface area contributed by atoms with Crippen LogP contribution in [0.25, 0.3) is 11.3 Å². The third kappa shape index (κ3) is 7.72. The van der Waals surface area contributed by atoms with Crippen LogP contribution in [-0.4, -0.2) is 22.9 Å². The fraction of sp³-hybridized carbons (Fsp3) is 0.0800. The van der Waals surface area contributed by atoms with Crippen molar-refractivity contribution >= 4 is 70.0 Å². The molecule has 0 aliphatic heterocycles. The predicted octanol–water partition coefficient (Wildman–Crippen LogP) is 7.59. The van der Waals surface area contributed by atoms with Gasteiger partial charge in [0.05, 0.1) is 17.7 Å². The molecule has 0 atom stereocenters. The maximum Gasteiger partial charge on any atom is 0.250 e. The Balaban J connectivity index is 1.24. The third-order valence-electron chi connectivity index (χ3n) is 4.62. The lowest BCUT2D eigenvalue weighted by Crippen LogP contribution is -2.19. The van der Waals surface area contributed by atoms with Crippen LogP contribution in [-0.2, 0) is 11.4 Å². The zero-order chi connectivity index (χ0) is 24.6. The van der Waals surface area contributed by atoms with Gasteiger partial charge in [0.1, 0.15) is 12.4 Å². The molecule has 0 aliphatic rings. The maximum atomic E-state index is 12.2. The first-order valence-electron chi connectivity index (χ1n) is 10.3. The van der Waals surface area contributed by atoms with E-state index in [4.69, 9.17) is 39.5 Å². The van der Waals surface area contributed by atoms with E-state index in [2.05, 4.69) is 15.5 Å². The van der Waals surface area contributed by atoms with Gasteiger partial charge in [-0.25, -0.2) is 10.4 Å². The van der Waals surface area contributed by atoms with E-state index in [-0.39, 0.29) is 11.7 Å². The number of nitrogens with zero attached hydrogens (tertiary/aromatic N) is 2. The van der Waals surface area contributed by atoms with Gasteiger partial charge in [-0.3, -0.25) is 4.79 Å². The minimum atomic E-state index is -0.223. The van der Waals surface area contributed by atoms with Gasteiger partial charge in [0.15, 0.2) is 4.34 Å². The number of hydrazone groups is 1. The molecule has 0 spiro atoms. The van der Waals surface area contributed by atoms with Gasteiger partial charge in [-0.2, -0.15) is 5.10 Å². The number of aromatic nitrogens is 1. The Morgan fingerprint density at radius 1 is 1.06 bits per heavy atom. The SMILES string of the molecule is O=C(CSc1nc(-c2ccc(Cl)cc2)cs1)N/N=C/c1cccc(OCc2ccc(Cl)cc2Cl)c1. The lowest BCUT2D eigenvalue weighted by molar-refractivity contribution is -0.118. The van der Waals surface area contributed by atoms with Gasteiger partial charge in [0.25, 0.3) is 5.91 Å². The molecule has 1 aromatic heterocycles. The van der Waals surface area contributed by atoms with Crippen molar-refractivity contribution in [1.29, 1.82) is 0 Å². The Bertz CT molecular complexity index is 1340. The first kappa shape index (κ1) is 25.5. The number of ether oxygens (including phenoxy) is 1. The van der Waals surface area contributed by atoms with Crippen LogP contribution < -0.4 is 10.2 Å². The maximum absolute atomic E-state index is 12.2. The predicted molar refractivity (Wildman–Crippen MR) is 146 cm³/mol. The quantitative estimate of drug-likeness (QED) is 0.130.